The van der Waals surface area contributed by atoms with Gasteiger partial charge in [0.15, 0.2) is 5.82 Å². The molecule has 0 atom stereocenters. The molecule has 3 heterocycles. The predicted octanol–water partition coefficient (Wildman–Crippen LogP) is 4.29. The summed E-state index contributed by atoms with van der Waals surface area (Å²) in [7, 11) is 3.53. The predicted molar refractivity (Wildman–Crippen MR) is 153 cm³/mol. The highest BCUT2D eigenvalue weighted by molar-refractivity contribution is 6.11. The zero-order valence-electron chi connectivity index (χ0n) is 23.3. The van der Waals surface area contributed by atoms with Crippen LogP contribution in [0.2, 0.25) is 0 Å². The van der Waals surface area contributed by atoms with Gasteiger partial charge < -0.3 is 20.9 Å². The van der Waals surface area contributed by atoms with Gasteiger partial charge in [-0.25, -0.2) is 19.9 Å². The van der Waals surface area contributed by atoms with Crippen LogP contribution in [0.3, 0.4) is 0 Å². The molecule has 3 N–H and O–H groups in total. The summed E-state index contributed by atoms with van der Waals surface area (Å²) < 4.78 is 0. The first-order chi connectivity index (χ1) is 18.1. The number of fused-ring (bicyclic) bond motifs is 1. The lowest BCUT2D eigenvalue weighted by molar-refractivity contribution is 0.0977. The van der Waals surface area contributed by atoms with Crippen LogP contribution in [0.15, 0.2) is 41.4 Å². The van der Waals surface area contributed by atoms with Crippen LogP contribution in [-0.2, 0) is 0 Å². The van der Waals surface area contributed by atoms with Crippen LogP contribution >= 0.6 is 0 Å². The maximum atomic E-state index is 13.3. The smallest absolute Gasteiger partial charge is 0.256 e. The van der Waals surface area contributed by atoms with E-state index in [1.165, 1.54) is 6.33 Å². The van der Waals surface area contributed by atoms with Crippen molar-refractivity contribution >= 4 is 40.2 Å². The van der Waals surface area contributed by atoms with Gasteiger partial charge in [0.2, 0.25) is 5.95 Å². The summed E-state index contributed by atoms with van der Waals surface area (Å²) in [6.07, 6.45) is 7.37. The number of aryl methyl sites for hydroxylation is 1. The highest BCUT2D eigenvalue weighted by Gasteiger charge is 2.19. The lowest BCUT2D eigenvalue weighted by atomic mass is 9.91. The number of nitrogens with one attached hydrogen (secondary N) is 3. The van der Waals surface area contributed by atoms with E-state index in [0.29, 0.717) is 34.2 Å². The quantitative estimate of drug-likeness (QED) is 0.329. The molecule has 0 aliphatic carbocycles. The van der Waals surface area contributed by atoms with Crippen LogP contribution < -0.4 is 20.9 Å². The Morgan fingerprint density at radius 1 is 1.11 bits per heavy atom. The van der Waals surface area contributed by atoms with E-state index in [9.17, 15) is 4.79 Å². The summed E-state index contributed by atoms with van der Waals surface area (Å²) in [5, 5.41) is 9.55. The van der Waals surface area contributed by atoms with E-state index in [4.69, 9.17) is 4.98 Å². The van der Waals surface area contributed by atoms with E-state index >= 15 is 0 Å². The number of benzene rings is 1. The van der Waals surface area contributed by atoms with E-state index in [0.717, 1.165) is 48.4 Å². The lowest BCUT2D eigenvalue weighted by Gasteiger charge is -2.23. The van der Waals surface area contributed by atoms with Crippen LogP contribution in [0.1, 0.15) is 55.1 Å². The van der Waals surface area contributed by atoms with E-state index < -0.39 is 0 Å². The Bertz CT molecular complexity index is 1400. The first-order valence-corrected chi connectivity index (χ1v) is 12.9. The molecule has 1 fully saturated rings. The standard InChI is InChI=1S/C28H37N9O/c1-17-12-19(26(38)35-23(30-7)14-22(29-6)28(3,4)5)13-20(18(17)2)34-25-24-21(32-16-33-25)15-31-27(36-24)37-10-8-9-11-37/h12-16,29H,8-11H2,1-7H3,(H,30,35,38)(H,32,33,34). The van der Waals surface area contributed by atoms with Crippen molar-refractivity contribution in [2.45, 2.75) is 47.5 Å². The molecule has 3 aromatic rings. The number of aromatic nitrogens is 4. The minimum atomic E-state index is -0.247. The summed E-state index contributed by atoms with van der Waals surface area (Å²) in [5.41, 5.74) is 5.41. The van der Waals surface area contributed by atoms with Gasteiger partial charge in [-0.2, -0.15) is 0 Å². The van der Waals surface area contributed by atoms with Gasteiger partial charge in [-0.15, -0.1) is 0 Å². The SMILES string of the molecule is CN=C(C=C(NC)C(C)(C)C)NC(=O)c1cc(C)c(C)c(Nc2ncnc3cnc(N4CCCC4)nc23)c1. The largest absolute Gasteiger partial charge is 0.391 e. The molecule has 200 valence electrons. The highest BCUT2D eigenvalue weighted by Crippen LogP contribution is 2.28. The van der Waals surface area contributed by atoms with Crippen molar-refractivity contribution < 1.29 is 4.79 Å². The Morgan fingerprint density at radius 2 is 1.84 bits per heavy atom. The van der Waals surface area contributed by atoms with Crippen molar-refractivity contribution in [3.05, 3.63) is 53.1 Å². The van der Waals surface area contributed by atoms with Gasteiger partial charge in [0.1, 0.15) is 23.2 Å². The number of rotatable bonds is 6. The number of carbonyl (C=O) groups is 1. The van der Waals surface area contributed by atoms with Crippen LogP contribution in [0.25, 0.3) is 11.0 Å². The van der Waals surface area contributed by atoms with Gasteiger partial charge in [-0.3, -0.25) is 9.79 Å². The first-order valence-electron chi connectivity index (χ1n) is 12.9. The Hall–Kier alpha value is -4.08. The molecule has 1 aliphatic rings. The van der Waals surface area contributed by atoms with E-state index in [1.807, 2.05) is 39.1 Å². The molecule has 1 aromatic carbocycles. The average Bonchev–Trinajstić information content (AvgIpc) is 3.43. The number of anilines is 3. The number of amidine groups is 1. The molecule has 10 nitrogen and oxygen atoms in total. The summed E-state index contributed by atoms with van der Waals surface area (Å²) in [5.74, 6) is 1.49. The normalized spacial score (nSPS) is 14.7. The van der Waals surface area contributed by atoms with Crippen molar-refractivity contribution in [3.63, 3.8) is 0 Å². The second-order valence-electron chi connectivity index (χ2n) is 10.5. The molecule has 0 saturated carbocycles. The molecule has 1 aliphatic heterocycles. The molecule has 0 radical (unpaired) electrons. The Morgan fingerprint density at radius 3 is 2.50 bits per heavy atom. The van der Waals surface area contributed by atoms with Crippen LogP contribution in [-0.4, -0.2) is 58.9 Å². The van der Waals surface area contributed by atoms with Gasteiger partial charge in [0.05, 0.1) is 6.20 Å². The maximum absolute atomic E-state index is 13.3. The molecule has 0 bridgehead atoms. The monoisotopic (exact) mass is 515 g/mol. The van der Waals surface area contributed by atoms with Crippen molar-refractivity contribution in [1.82, 2.24) is 30.6 Å². The first kappa shape index (κ1) is 27.0. The Labute approximate surface area is 224 Å². The third-order valence-electron chi connectivity index (χ3n) is 6.78. The van der Waals surface area contributed by atoms with Crippen LogP contribution in [0.5, 0.6) is 0 Å². The van der Waals surface area contributed by atoms with Crippen LogP contribution in [0, 0.1) is 19.3 Å². The fourth-order valence-electron chi connectivity index (χ4n) is 4.40. The Balaban J connectivity index is 1.64. The zero-order valence-corrected chi connectivity index (χ0v) is 23.3. The molecule has 1 saturated heterocycles. The van der Waals surface area contributed by atoms with Gasteiger partial charge in [0.25, 0.3) is 5.91 Å². The molecule has 2 aromatic heterocycles. The van der Waals surface area contributed by atoms with Crippen molar-refractivity contribution in [3.8, 4) is 0 Å². The molecule has 0 unspecified atom stereocenters. The maximum Gasteiger partial charge on any atom is 0.256 e. The van der Waals surface area contributed by atoms with Gasteiger partial charge in [0, 0.05) is 49.5 Å². The number of hydrogen-bond donors (Lipinski definition) is 3. The second kappa shape index (κ2) is 11.1. The summed E-state index contributed by atoms with van der Waals surface area (Å²) in [6, 6.07) is 3.70. The average molecular weight is 516 g/mol. The number of amides is 1. The molecular formula is C28H37N9O. The number of allylic oxidation sites excluding steroid dienone is 1. The van der Waals surface area contributed by atoms with E-state index in [1.54, 1.807) is 13.2 Å². The summed E-state index contributed by atoms with van der Waals surface area (Å²) in [6.45, 7) is 12.2. The van der Waals surface area contributed by atoms with E-state index in [-0.39, 0.29) is 11.3 Å². The Kier molecular flexibility index (Phi) is 7.89. The van der Waals surface area contributed by atoms with Gasteiger partial charge >= 0.3 is 0 Å². The van der Waals surface area contributed by atoms with Crippen LogP contribution in [0.4, 0.5) is 17.5 Å². The van der Waals surface area contributed by atoms with Crippen molar-refractivity contribution in [2.75, 3.05) is 37.4 Å². The zero-order chi connectivity index (χ0) is 27.4. The minimum Gasteiger partial charge on any atom is -0.391 e. The lowest BCUT2D eigenvalue weighted by Crippen LogP contribution is -2.32. The number of aliphatic imine (C=N–C) groups is 1. The van der Waals surface area contributed by atoms with Gasteiger partial charge in [-0.05, 0) is 56.0 Å². The molecule has 10 heteroatoms. The molecule has 38 heavy (non-hydrogen) atoms. The fourth-order valence-corrected chi connectivity index (χ4v) is 4.40. The number of nitrogens with zero attached hydrogens (tertiary/aromatic N) is 6. The third-order valence-corrected chi connectivity index (χ3v) is 6.78. The highest BCUT2D eigenvalue weighted by atomic mass is 16.1. The molecular weight excluding hydrogens is 478 g/mol. The summed E-state index contributed by atoms with van der Waals surface area (Å²) in [4.78, 5) is 37.9. The third kappa shape index (κ3) is 5.90. The van der Waals surface area contributed by atoms with Crippen molar-refractivity contribution in [1.29, 1.82) is 0 Å². The summed E-state index contributed by atoms with van der Waals surface area (Å²) >= 11 is 0. The fraction of sp³-hybridized carbons (Fsp3) is 0.429. The molecule has 1 amide bonds. The molecule has 4 rings (SSSR count). The van der Waals surface area contributed by atoms with Crippen molar-refractivity contribution in [2.24, 2.45) is 10.4 Å². The number of carbonyl (C=O) groups excluding carboxylic acids is 1. The van der Waals surface area contributed by atoms with E-state index in [2.05, 4.69) is 61.6 Å². The molecule has 0 spiro atoms. The number of hydrogen-bond acceptors (Lipinski definition) is 9. The topological polar surface area (TPSA) is 120 Å². The van der Waals surface area contributed by atoms with Gasteiger partial charge in [-0.1, -0.05) is 20.8 Å². The second-order valence-corrected chi connectivity index (χ2v) is 10.5. The minimum absolute atomic E-state index is 0.120.